The van der Waals surface area contributed by atoms with Gasteiger partial charge in [0, 0.05) is 31.4 Å². The molecule has 3 rings (SSSR count). The summed E-state index contributed by atoms with van der Waals surface area (Å²) in [6.07, 6.45) is 0. The first-order chi connectivity index (χ1) is 13.0. The van der Waals surface area contributed by atoms with Gasteiger partial charge in [-0.3, -0.25) is 0 Å². The van der Waals surface area contributed by atoms with Crippen LogP contribution in [0.4, 0.5) is 16.2 Å². The van der Waals surface area contributed by atoms with Gasteiger partial charge >= 0.3 is 6.03 Å². The number of hydrogen-bond acceptors (Lipinski definition) is 2. The molecule has 0 saturated carbocycles. The molecule has 0 radical (unpaired) electrons. The molecular weight excluding hydrogens is 423 g/mol. The predicted molar refractivity (Wildman–Crippen MR) is 117 cm³/mol. The Labute approximate surface area is 177 Å². The molecule has 138 valence electrons. The summed E-state index contributed by atoms with van der Waals surface area (Å²) >= 11 is 19.9. The van der Waals surface area contributed by atoms with E-state index in [4.69, 9.17) is 34.8 Å². The van der Waals surface area contributed by atoms with E-state index in [2.05, 4.69) is 10.6 Å². The number of carbonyl (C=O) groups is 1. The highest BCUT2D eigenvalue weighted by Gasteiger charge is 2.10. The highest BCUT2D eigenvalue weighted by atomic mass is 35.5. The molecule has 0 aliphatic heterocycles. The normalized spacial score (nSPS) is 10.5. The van der Waals surface area contributed by atoms with Gasteiger partial charge in [0.15, 0.2) is 0 Å². The second-order valence-electron chi connectivity index (χ2n) is 5.57. The monoisotopic (exact) mass is 436 g/mol. The zero-order valence-corrected chi connectivity index (χ0v) is 17.1. The first kappa shape index (κ1) is 19.9. The third-order valence-corrected chi connectivity index (χ3v) is 5.73. The maximum atomic E-state index is 12.3. The average molecular weight is 438 g/mol. The lowest BCUT2D eigenvalue weighted by Gasteiger charge is -2.13. The summed E-state index contributed by atoms with van der Waals surface area (Å²) in [4.78, 5) is 13.2. The van der Waals surface area contributed by atoms with Gasteiger partial charge in [-0.05, 0) is 54.1 Å². The summed E-state index contributed by atoms with van der Waals surface area (Å²) in [5, 5.41) is 7.51. The summed E-state index contributed by atoms with van der Waals surface area (Å²) in [5.74, 6) is 0.593. The van der Waals surface area contributed by atoms with Crippen molar-refractivity contribution in [3.8, 4) is 0 Å². The average Bonchev–Trinajstić information content (AvgIpc) is 2.64. The number of nitrogens with one attached hydrogen (secondary N) is 2. The van der Waals surface area contributed by atoms with Gasteiger partial charge in [-0.2, -0.15) is 0 Å². The van der Waals surface area contributed by atoms with Crippen LogP contribution in [-0.2, 0) is 5.75 Å². The second-order valence-corrected chi connectivity index (χ2v) is 7.84. The Hall–Kier alpha value is -1.85. The smallest absolute Gasteiger partial charge is 0.308 e. The number of thioether (sulfide) groups is 1. The molecule has 0 aromatic heterocycles. The topological polar surface area (TPSA) is 41.1 Å². The molecule has 0 fully saturated rings. The van der Waals surface area contributed by atoms with Gasteiger partial charge in [-0.15, -0.1) is 11.8 Å². The van der Waals surface area contributed by atoms with Crippen molar-refractivity contribution in [2.45, 2.75) is 10.6 Å². The van der Waals surface area contributed by atoms with Gasteiger partial charge < -0.3 is 10.6 Å². The molecule has 0 unspecified atom stereocenters. The van der Waals surface area contributed by atoms with Crippen molar-refractivity contribution < 1.29 is 4.79 Å². The number of urea groups is 1. The van der Waals surface area contributed by atoms with Gasteiger partial charge in [0.25, 0.3) is 0 Å². The lowest BCUT2D eigenvalue weighted by Crippen LogP contribution is -2.19. The first-order valence-electron chi connectivity index (χ1n) is 8.01. The van der Waals surface area contributed by atoms with E-state index in [1.54, 1.807) is 36.0 Å². The molecule has 27 heavy (non-hydrogen) atoms. The number of rotatable bonds is 5. The van der Waals surface area contributed by atoms with Crippen LogP contribution < -0.4 is 10.6 Å². The fourth-order valence-corrected chi connectivity index (χ4v) is 4.21. The van der Waals surface area contributed by atoms with Crippen molar-refractivity contribution in [2.24, 2.45) is 0 Å². The fraction of sp³-hybridized carbons (Fsp3) is 0.0500. The van der Waals surface area contributed by atoms with E-state index in [1.807, 2.05) is 42.5 Å². The predicted octanol–water partition coefficient (Wildman–Crippen LogP) is 7.58. The lowest BCUT2D eigenvalue weighted by molar-refractivity contribution is 0.262. The minimum atomic E-state index is -0.332. The molecule has 2 N–H and O–H groups in total. The molecule has 0 aliphatic rings. The Balaban J connectivity index is 1.68. The van der Waals surface area contributed by atoms with Gasteiger partial charge in [0.1, 0.15) is 0 Å². The van der Waals surface area contributed by atoms with E-state index < -0.39 is 0 Å². The Kier molecular flexibility index (Phi) is 6.91. The van der Waals surface area contributed by atoms with Crippen LogP contribution in [0.15, 0.2) is 71.6 Å². The molecule has 0 bridgehead atoms. The number of benzene rings is 3. The van der Waals surface area contributed by atoms with Crippen LogP contribution in [0.3, 0.4) is 0 Å². The van der Waals surface area contributed by atoms with Crippen LogP contribution in [0.25, 0.3) is 0 Å². The summed E-state index contributed by atoms with van der Waals surface area (Å²) in [7, 11) is 0. The zero-order chi connectivity index (χ0) is 19.2. The number of hydrogen-bond donors (Lipinski definition) is 2. The van der Waals surface area contributed by atoms with Gasteiger partial charge in [-0.1, -0.05) is 53.0 Å². The quantitative estimate of drug-likeness (QED) is 0.404. The minimum Gasteiger partial charge on any atom is -0.308 e. The highest BCUT2D eigenvalue weighted by molar-refractivity contribution is 7.98. The molecule has 0 aliphatic carbocycles. The van der Waals surface area contributed by atoms with E-state index in [0.29, 0.717) is 32.2 Å². The van der Waals surface area contributed by atoms with Crippen molar-refractivity contribution in [2.75, 3.05) is 10.6 Å². The van der Waals surface area contributed by atoms with E-state index in [9.17, 15) is 4.79 Å². The number of halogens is 3. The van der Waals surface area contributed by atoms with Gasteiger partial charge in [0.2, 0.25) is 0 Å². The van der Waals surface area contributed by atoms with E-state index in [0.717, 1.165) is 10.5 Å². The Morgan fingerprint density at radius 1 is 0.815 bits per heavy atom. The summed E-state index contributed by atoms with van der Waals surface area (Å²) in [6.45, 7) is 0. The minimum absolute atomic E-state index is 0.332. The van der Waals surface area contributed by atoms with Gasteiger partial charge in [0.05, 0.1) is 5.69 Å². The highest BCUT2D eigenvalue weighted by Crippen LogP contribution is 2.34. The molecule has 0 atom stereocenters. The molecule has 3 aromatic rings. The van der Waals surface area contributed by atoms with E-state index in [1.165, 1.54) is 0 Å². The molecule has 0 spiro atoms. The van der Waals surface area contributed by atoms with Crippen LogP contribution in [0, 0.1) is 0 Å². The van der Waals surface area contributed by atoms with Crippen molar-refractivity contribution in [3.05, 3.63) is 87.4 Å². The molecular formula is C20H15Cl3N2OS. The lowest BCUT2D eigenvalue weighted by atomic mass is 10.2. The number of amides is 2. The van der Waals surface area contributed by atoms with Crippen LogP contribution in [0.2, 0.25) is 15.1 Å². The molecule has 0 saturated heterocycles. The Morgan fingerprint density at radius 2 is 1.48 bits per heavy atom. The zero-order valence-electron chi connectivity index (χ0n) is 14.0. The first-order valence-corrected chi connectivity index (χ1v) is 10.1. The molecule has 0 heterocycles. The summed E-state index contributed by atoms with van der Waals surface area (Å²) in [5.41, 5.74) is 2.23. The third kappa shape index (κ3) is 5.56. The second kappa shape index (κ2) is 9.38. The molecule has 3 nitrogen and oxygen atoms in total. The Morgan fingerprint density at radius 3 is 2.19 bits per heavy atom. The van der Waals surface area contributed by atoms with Crippen molar-refractivity contribution in [1.82, 2.24) is 0 Å². The van der Waals surface area contributed by atoms with E-state index in [-0.39, 0.29) is 6.03 Å². The number of anilines is 2. The molecule has 2 amide bonds. The van der Waals surface area contributed by atoms with Crippen LogP contribution in [0.1, 0.15) is 5.56 Å². The maximum absolute atomic E-state index is 12.3. The third-order valence-electron chi connectivity index (χ3n) is 3.67. The van der Waals surface area contributed by atoms with Crippen molar-refractivity contribution in [1.29, 1.82) is 0 Å². The standard InChI is InChI=1S/C20H15Cl3N2OS/c21-13-8-10-14(11-9-13)24-20(26)25-18-6-1-2-7-19(18)27-12-15-16(22)4-3-5-17(15)23/h1-11H,12H2,(H2,24,25,26). The summed E-state index contributed by atoms with van der Waals surface area (Å²) < 4.78 is 0. The summed E-state index contributed by atoms with van der Waals surface area (Å²) in [6, 6.07) is 19.6. The molecule has 3 aromatic carbocycles. The fourth-order valence-electron chi connectivity index (χ4n) is 2.33. The van der Waals surface area contributed by atoms with Crippen molar-refractivity contribution in [3.63, 3.8) is 0 Å². The molecule has 7 heteroatoms. The van der Waals surface area contributed by atoms with Gasteiger partial charge in [-0.25, -0.2) is 4.79 Å². The van der Waals surface area contributed by atoms with Crippen LogP contribution >= 0.6 is 46.6 Å². The maximum Gasteiger partial charge on any atom is 0.323 e. The van der Waals surface area contributed by atoms with Crippen LogP contribution in [0.5, 0.6) is 0 Å². The van der Waals surface area contributed by atoms with E-state index >= 15 is 0 Å². The number of para-hydroxylation sites is 1. The number of carbonyl (C=O) groups excluding carboxylic acids is 1. The van der Waals surface area contributed by atoms with Crippen molar-refractivity contribution >= 4 is 64.0 Å². The van der Waals surface area contributed by atoms with Crippen LogP contribution in [-0.4, -0.2) is 6.03 Å². The largest absolute Gasteiger partial charge is 0.323 e. The Bertz CT molecular complexity index is 928. The SMILES string of the molecule is O=C(Nc1ccc(Cl)cc1)Nc1ccccc1SCc1c(Cl)cccc1Cl.